The maximum Gasteiger partial charge on any atom is 0.274 e. The fourth-order valence-electron chi connectivity index (χ4n) is 1.47. The lowest BCUT2D eigenvalue weighted by Gasteiger charge is -2.07. The highest BCUT2D eigenvalue weighted by Gasteiger charge is 2.22. The van der Waals surface area contributed by atoms with Crippen LogP contribution in [0.15, 0.2) is 18.2 Å². The Hall–Kier alpha value is -2.18. The number of nitrogens with one attached hydrogen (secondary N) is 2. The summed E-state index contributed by atoms with van der Waals surface area (Å²) in [7, 11) is 0. The number of rotatable bonds is 5. The van der Waals surface area contributed by atoms with Crippen LogP contribution in [0, 0.1) is 15.9 Å². The molecule has 1 aliphatic rings. The number of non-ortho nitro benzene ring substituents is 1. The zero-order valence-corrected chi connectivity index (χ0v) is 9.48. The molecule has 1 amide bonds. The third-order valence-corrected chi connectivity index (χ3v) is 2.49. The van der Waals surface area contributed by atoms with Crippen molar-refractivity contribution >= 4 is 17.3 Å². The highest BCUT2D eigenvalue weighted by Crippen LogP contribution is 2.20. The summed E-state index contributed by atoms with van der Waals surface area (Å²) in [6.45, 7) is -0.0306. The van der Waals surface area contributed by atoms with Gasteiger partial charge in [0, 0.05) is 17.8 Å². The van der Waals surface area contributed by atoms with E-state index >= 15 is 0 Å². The number of halogens is 1. The Kier molecular flexibility index (Phi) is 3.40. The van der Waals surface area contributed by atoms with Gasteiger partial charge < -0.3 is 10.6 Å². The van der Waals surface area contributed by atoms with Gasteiger partial charge in [0.1, 0.15) is 5.82 Å². The monoisotopic (exact) mass is 253 g/mol. The molecule has 0 aromatic heterocycles. The van der Waals surface area contributed by atoms with Crippen molar-refractivity contribution in [2.75, 3.05) is 11.9 Å². The molecule has 2 N–H and O–H groups in total. The minimum absolute atomic E-state index is 0.0306. The van der Waals surface area contributed by atoms with Crippen LogP contribution in [-0.2, 0) is 4.79 Å². The predicted octanol–water partition coefficient (Wildman–Crippen LogP) is 1.42. The van der Waals surface area contributed by atoms with Crippen molar-refractivity contribution in [2.45, 2.75) is 18.9 Å². The van der Waals surface area contributed by atoms with Crippen molar-refractivity contribution in [1.29, 1.82) is 0 Å². The summed E-state index contributed by atoms with van der Waals surface area (Å²) in [5.74, 6) is -0.918. The first-order valence-electron chi connectivity index (χ1n) is 5.53. The van der Waals surface area contributed by atoms with Gasteiger partial charge in [-0.2, -0.15) is 0 Å². The Morgan fingerprint density at radius 3 is 2.78 bits per heavy atom. The number of benzene rings is 1. The fourth-order valence-corrected chi connectivity index (χ4v) is 1.47. The lowest BCUT2D eigenvalue weighted by molar-refractivity contribution is -0.385. The normalized spacial score (nSPS) is 14.1. The lowest BCUT2D eigenvalue weighted by Crippen LogP contribution is -2.31. The van der Waals surface area contributed by atoms with E-state index in [1.807, 2.05) is 0 Å². The van der Waals surface area contributed by atoms with E-state index in [1.54, 1.807) is 0 Å². The summed E-state index contributed by atoms with van der Waals surface area (Å²) in [5.41, 5.74) is -0.132. The zero-order valence-electron chi connectivity index (χ0n) is 9.48. The highest BCUT2D eigenvalue weighted by atomic mass is 19.1. The van der Waals surface area contributed by atoms with E-state index in [-0.39, 0.29) is 29.9 Å². The maximum atomic E-state index is 13.1. The molecule has 0 saturated heterocycles. The van der Waals surface area contributed by atoms with E-state index in [0.29, 0.717) is 0 Å². The lowest BCUT2D eigenvalue weighted by atomic mass is 10.2. The molecule has 18 heavy (non-hydrogen) atoms. The van der Waals surface area contributed by atoms with Crippen LogP contribution in [0.25, 0.3) is 0 Å². The molecule has 0 heterocycles. The van der Waals surface area contributed by atoms with Crippen molar-refractivity contribution in [3.63, 3.8) is 0 Å². The van der Waals surface area contributed by atoms with Crippen LogP contribution in [0.2, 0.25) is 0 Å². The Morgan fingerprint density at radius 2 is 2.17 bits per heavy atom. The molecule has 1 aromatic carbocycles. The van der Waals surface area contributed by atoms with Gasteiger partial charge in [-0.3, -0.25) is 14.9 Å². The Balaban J connectivity index is 1.95. The summed E-state index contributed by atoms with van der Waals surface area (Å²) < 4.78 is 13.1. The smallest absolute Gasteiger partial charge is 0.274 e. The van der Waals surface area contributed by atoms with Gasteiger partial charge in [0.2, 0.25) is 5.91 Å². The Morgan fingerprint density at radius 1 is 1.44 bits per heavy atom. The molecule has 1 saturated carbocycles. The number of hydrogen-bond donors (Lipinski definition) is 2. The van der Waals surface area contributed by atoms with Gasteiger partial charge >= 0.3 is 0 Å². The van der Waals surface area contributed by atoms with Gasteiger partial charge in [0.25, 0.3) is 5.69 Å². The van der Waals surface area contributed by atoms with Crippen molar-refractivity contribution in [2.24, 2.45) is 0 Å². The molecule has 1 aromatic rings. The fraction of sp³-hybridized carbons (Fsp3) is 0.364. The zero-order chi connectivity index (χ0) is 13.1. The molecule has 0 aliphatic heterocycles. The molecular weight excluding hydrogens is 241 g/mol. The van der Waals surface area contributed by atoms with E-state index in [1.165, 1.54) is 6.07 Å². The summed E-state index contributed by atoms with van der Waals surface area (Å²) >= 11 is 0. The SMILES string of the molecule is O=C(CNc1cc(F)cc([N+](=O)[O-])c1)NC1CC1. The topological polar surface area (TPSA) is 84.3 Å². The van der Waals surface area contributed by atoms with E-state index in [4.69, 9.17) is 0 Å². The van der Waals surface area contributed by atoms with Crippen molar-refractivity contribution in [3.05, 3.63) is 34.1 Å². The minimum Gasteiger partial charge on any atom is -0.376 e. The van der Waals surface area contributed by atoms with E-state index in [0.717, 1.165) is 25.0 Å². The summed E-state index contributed by atoms with van der Waals surface area (Å²) in [4.78, 5) is 21.2. The summed E-state index contributed by atoms with van der Waals surface area (Å²) in [6, 6.07) is 3.38. The van der Waals surface area contributed by atoms with Gasteiger partial charge in [0.05, 0.1) is 17.5 Å². The first kappa shape index (κ1) is 12.3. The average molecular weight is 253 g/mol. The van der Waals surface area contributed by atoms with E-state index < -0.39 is 10.7 Å². The quantitative estimate of drug-likeness (QED) is 0.614. The van der Waals surface area contributed by atoms with Crippen LogP contribution in [0.3, 0.4) is 0 Å². The van der Waals surface area contributed by atoms with E-state index in [2.05, 4.69) is 10.6 Å². The summed E-state index contributed by atoms with van der Waals surface area (Å²) in [6.07, 6.45) is 1.97. The van der Waals surface area contributed by atoms with E-state index in [9.17, 15) is 19.3 Å². The Labute approximate surface area is 102 Å². The number of nitro benzene ring substituents is 1. The molecule has 2 rings (SSSR count). The number of anilines is 1. The van der Waals surface area contributed by atoms with Gasteiger partial charge in [-0.1, -0.05) is 0 Å². The van der Waals surface area contributed by atoms with Crippen LogP contribution >= 0.6 is 0 Å². The molecule has 7 heteroatoms. The molecule has 0 radical (unpaired) electrons. The van der Waals surface area contributed by atoms with Crippen LogP contribution in [0.5, 0.6) is 0 Å². The second-order valence-electron chi connectivity index (χ2n) is 4.15. The first-order chi connectivity index (χ1) is 8.54. The van der Waals surface area contributed by atoms with Gasteiger partial charge in [-0.05, 0) is 18.9 Å². The molecular formula is C11H12FN3O3. The number of amides is 1. The van der Waals surface area contributed by atoms with Crippen molar-refractivity contribution < 1.29 is 14.1 Å². The highest BCUT2D eigenvalue weighted by molar-refractivity contribution is 5.81. The van der Waals surface area contributed by atoms with Crippen molar-refractivity contribution in [1.82, 2.24) is 5.32 Å². The third-order valence-electron chi connectivity index (χ3n) is 2.49. The van der Waals surface area contributed by atoms with Crippen LogP contribution in [0.1, 0.15) is 12.8 Å². The molecule has 0 bridgehead atoms. The number of hydrogen-bond acceptors (Lipinski definition) is 4. The number of carbonyl (C=O) groups excluding carboxylic acids is 1. The third kappa shape index (κ3) is 3.41. The number of nitro groups is 1. The average Bonchev–Trinajstić information content (AvgIpc) is 3.09. The molecule has 96 valence electrons. The van der Waals surface area contributed by atoms with Crippen LogP contribution in [0.4, 0.5) is 15.8 Å². The van der Waals surface area contributed by atoms with Crippen LogP contribution < -0.4 is 10.6 Å². The van der Waals surface area contributed by atoms with Gasteiger partial charge in [-0.15, -0.1) is 0 Å². The molecule has 1 fully saturated rings. The standard InChI is InChI=1S/C11H12FN3O3/c12-7-3-9(5-10(4-7)15(17)18)13-6-11(16)14-8-1-2-8/h3-5,8,13H,1-2,6H2,(H,14,16). The minimum atomic E-state index is -0.714. The largest absolute Gasteiger partial charge is 0.376 e. The van der Waals surface area contributed by atoms with Crippen molar-refractivity contribution in [3.8, 4) is 0 Å². The molecule has 6 nitrogen and oxygen atoms in total. The molecule has 0 atom stereocenters. The van der Waals surface area contributed by atoms with Gasteiger partial charge in [0.15, 0.2) is 0 Å². The Bertz CT molecular complexity index is 488. The second kappa shape index (κ2) is 4.99. The second-order valence-corrected chi connectivity index (χ2v) is 4.15. The maximum absolute atomic E-state index is 13.1. The number of nitrogens with zero attached hydrogens (tertiary/aromatic N) is 1. The summed E-state index contributed by atoms with van der Waals surface area (Å²) in [5, 5.41) is 15.9. The molecule has 0 unspecified atom stereocenters. The molecule has 0 spiro atoms. The number of carbonyl (C=O) groups is 1. The first-order valence-corrected chi connectivity index (χ1v) is 5.53. The van der Waals surface area contributed by atoms with Gasteiger partial charge in [-0.25, -0.2) is 4.39 Å². The predicted molar refractivity (Wildman–Crippen MR) is 62.7 cm³/mol. The van der Waals surface area contributed by atoms with Crippen LogP contribution in [-0.4, -0.2) is 23.4 Å². The molecule has 1 aliphatic carbocycles.